The Balaban J connectivity index is 1.99. The van der Waals surface area contributed by atoms with Crippen molar-refractivity contribution in [1.82, 2.24) is 4.57 Å². The van der Waals surface area contributed by atoms with Crippen LogP contribution in [0.5, 0.6) is 0 Å². The fourth-order valence-corrected chi connectivity index (χ4v) is 5.42. The van der Waals surface area contributed by atoms with Gasteiger partial charge in [0.1, 0.15) is 5.82 Å². The van der Waals surface area contributed by atoms with Gasteiger partial charge in [-0.1, -0.05) is 23.7 Å². The van der Waals surface area contributed by atoms with Crippen molar-refractivity contribution in [3.8, 4) is 0 Å². The predicted molar refractivity (Wildman–Crippen MR) is 113 cm³/mol. The lowest BCUT2D eigenvalue weighted by atomic mass is 10.0. The first-order chi connectivity index (χ1) is 14.2. The maximum atomic E-state index is 14.4. The molecule has 2 aromatic carbocycles. The number of rotatable bonds is 5. The van der Waals surface area contributed by atoms with Crippen molar-refractivity contribution in [1.29, 1.82) is 0 Å². The summed E-state index contributed by atoms with van der Waals surface area (Å²) in [6.45, 7) is 0.384. The van der Waals surface area contributed by atoms with E-state index in [1.807, 2.05) is 16.7 Å². The molecular formula is C22H21ClFNO4S. The molecule has 0 unspecified atom stereocenters. The molecule has 0 saturated heterocycles. The van der Waals surface area contributed by atoms with Crippen LogP contribution in [0.25, 0.3) is 10.9 Å². The van der Waals surface area contributed by atoms with E-state index in [9.17, 15) is 17.6 Å². The Labute approximate surface area is 179 Å². The fraction of sp³-hybridized carbons (Fsp3) is 0.318. The summed E-state index contributed by atoms with van der Waals surface area (Å²) in [4.78, 5) is 11.9. The van der Waals surface area contributed by atoms with Crippen LogP contribution in [0.1, 0.15) is 35.6 Å². The van der Waals surface area contributed by atoms with Crippen molar-refractivity contribution in [2.75, 3.05) is 13.4 Å². The number of carbonyl (C=O) groups is 1. The van der Waals surface area contributed by atoms with E-state index in [1.165, 1.54) is 13.2 Å². The van der Waals surface area contributed by atoms with Crippen LogP contribution in [0.4, 0.5) is 4.39 Å². The standard InChI is InChI=1S/C22H21ClFNO4S/c1-29-20(26)9-14-5-8-17-18-10-16(24)11-19(30(2,27)28)22(18)25(21(14)17)12-13-3-6-15(23)7-4-13/h3-4,6-7,10-11,14H,5,8-9,12H2,1-2H3/t14-/m1/s1. The highest BCUT2D eigenvalue weighted by Gasteiger charge is 2.34. The molecule has 0 N–H and O–H groups in total. The van der Waals surface area contributed by atoms with E-state index in [0.29, 0.717) is 28.9 Å². The van der Waals surface area contributed by atoms with Gasteiger partial charge in [-0.15, -0.1) is 0 Å². The number of halogens is 2. The Morgan fingerprint density at radius 2 is 1.97 bits per heavy atom. The van der Waals surface area contributed by atoms with Gasteiger partial charge in [0.05, 0.1) is 23.9 Å². The zero-order valence-corrected chi connectivity index (χ0v) is 18.2. The minimum atomic E-state index is -3.68. The molecule has 0 radical (unpaired) electrons. The molecule has 158 valence electrons. The smallest absolute Gasteiger partial charge is 0.306 e. The topological polar surface area (TPSA) is 65.4 Å². The van der Waals surface area contributed by atoms with Gasteiger partial charge in [0.2, 0.25) is 0 Å². The molecule has 1 heterocycles. The summed E-state index contributed by atoms with van der Waals surface area (Å²) in [5.74, 6) is -1.04. The summed E-state index contributed by atoms with van der Waals surface area (Å²) in [7, 11) is -2.33. The zero-order valence-electron chi connectivity index (χ0n) is 16.6. The second kappa shape index (κ2) is 7.71. The number of esters is 1. The van der Waals surface area contributed by atoms with Crippen molar-refractivity contribution < 1.29 is 22.3 Å². The molecule has 1 atom stereocenters. The Kier molecular flexibility index (Phi) is 5.36. The van der Waals surface area contributed by atoms with Crippen LogP contribution >= 0.6 is 11.6 Å². The molecule has 1 aromatic heterocycles. The van der Waals surface area contributed by atoms with Gasteiger partial charge in [-0.25, -0.2) is 12.8 Å². The first-order valence-corrected chi connectivity index (χ1v) is 11.8. The summed E-state index contributed by atoms with van der Waals surface area (Å²) in [6, 6.07) is 9.74. The van der Waals surface area contributed by atoms with Crippen LogP contribution < -0.4 is 0 Å². The lowest BCUT2D eigenvalue weighted by Gasteiger charge is -2.17. The van der Waals surface area contributed by atoms with Gasteiger partial charge >= 0.3 is 5.97 Å². The number of fused-ring (bicyclic) bond motifs is 3. The van der Waals surface area contributed by atoms with Crippen molar-refractivity contribution in [2.24, 2.45) is 0 Å². The van der Waals surface area contributed by atoms with E-state index in [4.69, 9.17) is 16.3 Å². The van der Waals surface area contributed by atoms with Crippen LogP contribution in [-0.2, 0) is 32.3 Å². The van der Waals surface area contributed by atoms with Gasteiger partial charge in [-0.2, -0.15) is 0 Å². The minimum absolute atomic E-state index is 0.0438. The molecule has 30 heavy (non-hydrogen) atoms. The maximum absolute atomic E-state index is 14.4. The average molecular weight is 450 g/mol. The van der Waals surface area contributed by atoms with Crippen LogP contribution in [0, 0.1) is 5.82 Å². The van der Waals surface area contributed by atoms with Crippen molar-refractivity contribution >= 4 is 38.3 Å². The second-order valence-corrected chi connectivity index (χ2v) is 10.1. The Hall–Kier alpha value is -2.38. The Morgan fingerprint density at radius 1 is 1.27 bits per heavy atom. The molecule has 1 aliphatic carbocycles. The molecule has 0 amide bonds. The van der Waals surface area contributed by atoms with E-state index < -0.39 is 15.7 Å². The van der Waals surface area contributed by atoms with E-state index >= 15 is 0 Å². The maximum Gasteiger partial charge on any atom is 0.306 e. The quantitative estimate of drug-likeness (QED) is 0.539. The minimum Gasteiger partial charge on any atom is -0.469 e. The molecule has 0 spiro atoms. The van der Waals surface area contributed by atoms with Gasteiger partial charge in [-0.3, -0.25) is 4.79 Å². The summed E-state index contributed by atoms with van der Waals surface area (Å²) < 4.78 is 46.2. The molecule has 4 rings (SSSR count). The highest BCUT2D eigenvalue weighted by atomic mass is 35.5. The Bertz CT molecular complexity index is 1250. The van der Waals surface area contributed by atoms with Crippen molar-refractivity contribution in [3.63, 3.8) is 0 Å². The third kappa shape index (κ3) is 3.72. The van der Waals surface area contributed by atoms with E-state index in [1.54, 1.807) is 12.1 Å². The molecule has 0 bridgehead atoms. The van der Waals surface area contributed by atoms with E-state index in [0.717, 1.165) is 35.6 Å². The van der Waals surface area contributed by atoms with Gasteiger partial charge in [0.25, 0.3) is 0 Å². The highest BCUT2D eigenvalue weighted by Crippen LogP contribution is 2.44. The van der Waals surface area contributed by atoms with Crippen molar-refractivity contribution in [2.45, 2.75) is 36.6 Å². The normalized spacial score (nSPS) is 16.1. The molecule has 0 fully saturated rings. The van der Waals surface area contributed by atoms with E-state index in [2.05, 4.69) is 0 Å². The number of aromatic nitrogens is 1. The predicted octanol–water partition coefficient (Wildman–Crippen LogP) is 4.48. The van der Waals surface area contributed by atoms with Crippen LogP contribution in [0.2, 0.25) is 5.02 Å². The summed E-state index contributed by atoms with van der Waals surface area (Å²) >= 11 is 6.00. The number of benzene rings is 2. The fourth-order valence-electron chi connectivity index (χ4n) is 4.39. The third-order valence-corrected chi connectivity index (χ3v) is 7.02. The number of nitrogens with zero attached hydrogens (tertiary/aromatic N) is 1. The molecule has 3 aromatic rings. The van der Waals surface area contributed by atoms with Gasteiger partial charge in [0.15, 0.2) is 9.84 Å². The number of ether oxygens (including phenoxy) is 1. The first-order valence-electron chi connectivity index (χ1n) is 9.55. The molecule has 8 heteroatoms. The van der Waals surface area contributed by atoms with Gasteiger partial charge < -0.3 is 9.30 Å². The Morgan fingerprint density at radius 3 is 2.60 bits per heavy atom. The largest absolute Gasteiger partial charge is 0.469 e. The lowest BCUT2D eigenvalue weighted by Crippen LogP contribution is -2.13. The summed E-state index contributed by atoms with van der Waals surface area (Å²) in [6.07, 6.45) is 2.64. The number of sulfone groups is 1. The number of hydrogen-bond donors (Lipinski definition) is 0. The molecule has 5 nitrogen and oxygen atoms in total. The molecule has 0 saturated carbocycles. The van der Waals surface area contributed by atoms with Gasteiger partial charge in [-0.05, 0) is 48.2 Å². The van der Waals surface area contributed by atoms with E-state index in [-0.39, 0.29) is 23.2 Å². The summed E-state index contributed by atoms with van der Waals surface area (Å²) in [5.41, 5.74) is 3.18. The molecule has 1 aliphatic rings. The highest BCUT2D eigenvalue weighted by molar-refractivity contribution is 7.91. The van der Waals surface area contributed by atoms with Crippen molar-refractivity contribution in [3.05, 3.63) is 64.1 Å². The number of hydrogen-bond acceptors (Lipinski definition) is 4. The summed E-state index contributed by atoms with van der Waals surface area (Å²) in [5, 5.41) is 1.19. The van der Waals surface area contributed by atoms with Crippen LogP contribution in [0.15, 0.2) is 41.3 Å². The SMILES string of the molecule is COC(=O)C[C@H]1CCc2c1n(Cc1ccc(Cl)cc1)c1c(S(C)(=O)=O)cc(F)cc21. The van der Waals surface area contributed by atoms with Crippen LogP contribution in [-0.4, -0.2) is 32.3 Å². The average Bonchev–Trinajstić information content (AvgIpc) is 3.22. The number of aryl methyl sites for hydroxylation is 1. The number of methoxy groups -OCH3 is 1. The molecule has 0 aliphatic heterocycles. The lowest BCUT2D eigenvalue weighted by molar-refractivity contribution is -0.141. The first kappa shape index (κ1) is 20.9. The second-order valence-electron chi connectivity index (χ2n) is 7.66. The number of carbonyl (C=O) groups excluding carboxylic acids is 1. The van der Waals surface area contributed by atoms with Crippen LogP contribution in [0.3, 0.4) is 0 Å². The molecular weight excluding hydrogens is 429 g/mol. The monoisotopic (exact) mass is 449 g/mol. The zero-order chi connectivity index (χ0) is 21.6. The third-order valence-electron chi connectivity index (χ3n) is 5.66. The van der Waals surface area contributed by atoms with Gasteiger partial charge in [0, 0.05) is 34.8 Å².